The topological polar surface area (TPSA) is 124 Å². The van der Waals surface area contributed by atoms with Crippen LogP contribution in [-0.2, 0) is 32.2 Å². The van der Waals surface area contributed by atoms with E-state index in [-0.39, 0.29) is 37.6 Å². The van der Waals surface area contributed by atoms with Crippen molar-refractivity contribution in [3.05, 3.63) is 101 Å². The van der Waals surface area contributed by atoms with Crippen LogP contribution in [0.3, 0.4) is 0 Å². The summed E-state index contributed by atoms with van der Waals surface area (Å²) >= 11 is 0. The van der Waals surface area contributed by atoms with Crippen molar-refractivity contribution in [3.63, 3.8) is 0 Å². The lowest BCUT2D eigenvalue weighted by atomic mass is 9.99. The molecule has 3 aromatic rings. The van der Waals surface area contributed by atoms with Gasteiger partial charge in [0.15, 0.2) is 6.29 Å². The molecule has 4 N–H and O–H groups in total. The van der Waals surface area contributed by atoms with Crippen LogP contribution in [0.25, 0.3) is 0 Å². The van der Waals surface area contributed by atoms with Crippen molar-refractivity contribution in [2.24, 2.45) is 0 Å². The molecule has 2 aliphatic heterocycles. The third-order valence-electron chi connectivity index (χ3n) is 8.44. The lowest BCUT2D eigenvalue weighted by Crippen LogP contribution is -2.49. The normalized spacial score (nSPS) is 20.9. The third kappa shape index (κ3) is 9.92. The number of carbonyl (C=O) groups is 2. The molecular formula is C35H44N4O6. The Bertz CT molecular complexity index is 1350. The molecule has 5 rings (SSSR count). The predicted molar refractivity (Wildman–Crippen MR) is 170 cm³/mol. The van der Waals surface area contributed by atoms with Gasteiger partial charge in [-0.05, 0) is 41.7 Å². The Morgan fingerprint density at radius 3 is 2.07 bits per heavy atom. The van der Waals surface area contributed by atoms with Gasteiger partial charge in [-0.2, -0.15) is 0 Å². The van der Waals surface area contributed by atoms with Crippen molar-refractivity contribution in [2.45, 2.75) is 63.8 Å². The number of aliphatic hydroxyl groups is 1. The highest BCUT2D eigenvalue weighted by molar-refractivity contribution is 5.90. The standard InChI is InChI=1S/C35H44N4O6/c40-25-27-10-12-28(13-11-27)32-22-31(24-39-20-18-38(19-21-39)23-26-6-2-1-3-7-26)44-35(45-32)29-14-16-30(17-15-29)36-33(41)8-4-5-9-34(42)37-43/h1-3,6-7,10-17,31-32,35,40,43H,4-5,8-9,18-25H2,(H,36,41)(H,37,42)/t31-,32+,35+/m0/s1. The molecule has 0 radical (unpaired) electrons. The molecule has 45 heavy (non-hydrogen) atoms. The fourth-order valence-corrected chi connectivity index (χ4v) is 5.87. The van der Waals surface area contributed by atoms with Crippen molar-refractivity contribution in [1.29, 1.82) is 0 Å². The number of unbranched alkanes of at least 4 members (excludes halogenated alkanes) is 1. The van der Waals surface area contributed by atoms with Gasteiger partial charge in [0.25, 0.3) is 0 Å². The minimum Gasteiger partial charge on any atom is -0.392 e. The van der Waals surface area contributed by atoms with Gasteiger partial charge in [0, 0.05) is 69.8 Å². The van der Waals surface area contributed by atoms with Crippen LogP contribution in [0, 0.1) is 0 Å². The molecule has 0 aliphatic carbocycles. The highest BCUT2D eigenvalue weighted by Gasteiger charge is 2.33. The van der Waals surface area contributed by atoms with Crippen LogP contribution >= 0.6 is 0 Å². The summed E-state index contributed by atoms with van der Waals surface area (Å²) in [6, 6.07) is 26.0. The second kappa shape index (κ2) is 16.6. The Morgan fingerprint density at radius 2 is 1.40 bits per heavy atom. The summed E-state index contributed by atoms with van der Waals surface area (Å²) < 4.78 is 13.1. The lowest BCUT2D eigenvalue weighted by Gasteiger charge is -2.40. The first kappa shape index (κ1) is 32.7. The van der Waals surface area contributed by atoms with Gasteiger partial charge in [0.1, 0.15) is 0 Å². The van der Waals surface area contributed by atoms with Crippen LogP contribution in [-0.4, -0.2) is 70.8 Å². The minimum atomic E-state index is -0.562. The molecule has 2 amide bonds. The molecule has 3 aromatic carbocycles. The van der Waals surface area contributed by atoms with E-state index in [2.05, 4.69) is 45.4 Å². The van der Waals surface area contributed by atoms with Gasteiger partial charge in [-0.15, -0.1) is 0 Å². The summed E-state index contributed by atoms with van der Waals surface area (Å²) in [6.07, 6.45) is 1.51. The second-order valence-electron chi connectivity index (χ2n) is 11.8. The van der Waals surface area contributed by atoms with Crippen molar-refractivity contribution < 1.29 is 29.4 Å². The molecule has 0 spiro atoms. The fourth-order valence-electron chi connectivity index (χ4n) is 5.87. The molecule has 2 fully saturated rings. The molecular weight excluding hydrogens is 572 g/mol. The zero-order valence-electron chi connectivity index (χ0n) is 25.6. The summed E-state index contributed by atoms with van der Waals surface area (Å²) in [4.78, 5) is 28.5. The van der Waals surface area contributed by atoms with Crippen LogP contribution in [0.1, 0.15) is 66.8 Å². The highest BCUT2D eigenvalue weighted by Crippen LogP contribution is 2.38. The maximum Gasteiger partial charge on any atom is 0.243 e. The number of hydroxylamine groups is 1. The van der Waals surface area contributed by atoms with Gasteiger partial charge >= 0.3 is 0 Å². The molecule has 10 heteroatoms. The zero-order valence-corrected chi connectivity index (χ0v) is 25.6. The Balaban J connectivity index is 1.18. The molecule has 0 bridgehead atoms. The van der Waals surface area contributed by atoms with E-state index in [1.165, 1.54) is 5.56 Å². The van der Waals surface area contributed by atoms with E-state index >= 15 is 0 Å². The van der Waals surface area contributed by atoms with Gasteiger partial charge in [-0.3, -0.25) is 24.6 Å². The average molecular weight is 617 g/mol. The number of nitrogens with zero attached hydrogens (tertiary/aromatic N) is 2. The van der Waals surface area contributed by atoms with Crippen molar-refractivity contribution in [1.82, 2.24) is 15.3 Å². The summed E-state index contributed by atoms with van der Waals surface area (Å²) in [5.41, 5.74) is 6.40. The number of piperazine rings is 1. The number of hydrogen-bond acceptors (Lipinski definition) is 8. The number of ether oxygens (including phenoxy) is 2. The Kier molecular flexibility index (Phi) is 12.1. The molecule has 2 aliphatic rings. The third-order valence-corrected chi connectivity index (χ3v) is 8.44. The number of nitrogens with one attached hydrogen (secondary N) is 2. The molecule has 3 atom stereocenters. The number of anilines is 1. The number of rotatable bonds is 13. The first-order valence-corrected chi connectivity index (χ1v) is 15.8. The molecule has 10 nitrogen and oxygen atoms in total. The van der Waals surface area contributed by atoms with Crippen LogP contribution in [0.2, 0.25) is 0 Å². The SMILES string of the molecule is O=C(CCCCC(=O)Nc1ccc([C@@H]2O[C@H](CN3CCN(Cc4ccccc4)CC3)C[C@H](c3ccc(CO)cc3)O2)cc1)NO. The molecule has 2 saturated heterocycles. The summed E-state index contributed by atoms with van der Waals surface area (Å²) in [5.74, 6) is -0.584. The quantitative estimate of drug-likeness (QED) is 0.125. The Morgan fingerprint density at radius 1 is 0.756 bits per heavy atom. The zero-order chi connectivity index (χ0) is 31.4. The molecule has 0 unspecified atom stereocenters. The smallest absolute Gasteiger partial charge is 0.243 e. The van der Waals surface area contributed by atoms with Gasteiger partial charge in [-0.1, -0.05) is 66.7 Å². The monoisotopic (exact) mass is 616 g/mol. The van der Waals surface area contributed by atoms with Crippen LogP contribution < -0.4 is 10.8 Å². The number of carbonyl (C=O) groups excluding carboxylic acids is 2. The van der Waals surface area contributed by atoms with Gasteiger partial charge in [0.2, 0.25) is 11.8 Å². The minimum absolute atomic E-state index is 0.000170. The molecule has 240 valence electrons. The van der Waals surface area contributed by atoms with E-state index < -0.39 is 12.2 Å². The van der Waals surface area contributed by atoms with Gasteiger partial charge in [0.05, 0.1) is 18.8 Å². The Labute approximate surface area is 264 Å². The summed E-state index contributed by atoms with van der Waals surface area (Å²) in [7, 11) is 0. The molecule has 0 saturated carbocycles. The van der Waals surface area contributed by atoms with E-state index in [0.717, 1.165) is 62.4 Å². The summed E-state index contributed by atoms with van der Waals surface area (Å²) in [6.45, 7) is 5.78. The average Bonchev–Trinajstić information content (AvgIpc) is 3.08. The van der Waals surface area contributed by atoms with E-state index in [0.29, 0.717) is 18.5 Å². The molecule has 2 heterocycles. The second-order valence-corrected chi connectivity index (χ2v) is 11.8. The number of aliphatic hydroxyl groups excluding tert-OH is 1. The van der Waals surface area contributed by atoms with Gasteiger partial charge < -0.3 is 19.9 Å². The number of amides is 2. The lowest BCUT2D eigenvalue weighted by molar-refractivity contribution is -0.253. The van der Waals surface area contributed by atoms with Crippen molar-refractivity contribution in [3.8, 4) is 0 Å². The van der Waals surface area contributed by atoms with E-state index in [9.17, 15) is 14.7 Å². The van der Waals surface area contributed by atoms with Crippen LogP contribution in [0.5, 0.6) is 0 Å². The maximum absolute atomic E-state index is 12.4. The summed E-state index contributed by atoms with van der Waals surface area (Å²) in [5, 5.41) is 21.0. The predicted octanol–water partition coefficient (Wildman–Crippen LogP) is 4.55. The van der Waals surface area contributed by atoms with Crippen molar-refractivity contribution in [2.75, 3.05) is 38.0 Å². The highest BCUT2D eigenvalue weighted by atomic mass is 16.7. The first-order chi connectivity index (χ1) is 22.0. The van der Waals surface area contributed by atoms with E-state index in [4.69, 9.17) is 14.7 Å². The number of benzene rings is 3. The van der Waals surface area contributed by atoms with E-state index in [1.54, 1.807) is 5.48 Å². The largest absolute Gasteiger partial charge is 0.392 e. The van der Waals surface area contributed by atoms with Crippen LogP contribution in [0.4, 0.5) is 5.69 Å². The number of hydrogen-bond donors (Lipinski definition) is 4. The van der Waals surface area contributed by atoms with Crippen molar-refractivity contribution >= 4 is 17.5 Å². The first-order valence-electron chi connectivity index (χ1n) is 15.8. The van der Waals surface area contributed by atoms with E-state index in [1.807, 2.05) is 48.5 Å². The molecule has 0 aromatic heterocycles. The van der Waals surface area contributed by atoms with Gasteiger partial charge in [-0.25, -0.2) is 5.48 Å². The van der Waals surface area contributed by atoms with Crippen LogP contribution in [0.15, 0.2) is 78.9 Å². The Hall–Kier alpha value is -3.64. The fraction of sp³-hybridized carbons (Fsp3) is 0.429. The maximum atomic E-state index is 12.4.